The van der Waals surface area contributed by atoms with Crippen molar-refractivity contribution in [3.8, 4) is 0 Å². The predicted molar refractivity (Wildman–Crippen MR) is 196 cm³/mol. The minimum absolute atomic E-state index is 0.0342. The molecule has 1 N–H and O–H groups in total. The van der Waals surface area contributed by atoms with Crippen LogP contribution in [0, 0.1) is 0 Å². The van der Waals surface area contributed by atoms with Crippen LogP contribution in [0.15, 0.2) is 116 Å². The maximum absolute atomic E-state index is 14.8. The van der Waals surface area contributed by atoms with E-state index in [2.05, 4.69) is 28.5 Å². The van der Waals surface area contributed by atoms with Gasteiger partial charge in [-0.2, -0.15) is 0 Å². The van der Waals surface area contributed by atoms with Crippen LogP contribution in [0.5, 0.6) is 0 Å². The van der Waals surface area contributed by atoms with Crippen LogP contribution >= 0.6 is 0 Å². The number of piperidine rings is 2. The first-order chi connectivity index (χ1) is 24.3. The molecular formula is C40H44N6O4. The second kappa shape index (κ2) is 17.1. The summed E-state index contributed by atoms with van der Waals surface area (Å²) in [5.74, 6) is -1.07. The number of allylic oxidation sites excluding steroid dienone is 2. The molecule has 0 radical (unpaired) electrons. The van der Waals surface area contributed by atoms with E-state index in [9.17, 15) is 19.2 Å². The van der Waals surface area contributed by atoms with E-state index >= 15 is 0 Å². The lowest BCUT2D eigenvalue weighted by molar-refractivity contribution is -0.138. The van der Waals surface area contributed by atoms with Gasteiger partial charge in [0, 0.05) is 67.3 Å². The summed E-state index contributed by atoms with van der Waals surface area (Å²) in [6, 6.07) is 18.1. The van der Waals surface area contributed by atoms with Crippen LogP contribution in [0.2, 0.25) is 0 Å². The van der Waals surface area contributed by atoms with Crippen LogP contribution in [0.25, 0.3) is 5.57 Å². The van der Waals surface area contributed by atoms with E-state index in [1.807, 2.05) is 60.4 Å². The van der Waals surface area contributed by atoms with Crippen molar-refractivity contribution in [3.05, 3.63) is 127 Å². The van der Waals surface area contributed by atoms with E-state index in [1.165, 1.54) is 17.2 Å². The Morgan fingerprint density at radius 2 is 1.66 bits per heavy atom. The number of aliphatic imine (C=N–C) groups is 1. The molecule has 2 fully saturated rings. The average molecular weight is 673 g/mol. The molecule has 3 aromatic rings. The number of pyridine rings is 1. The van der Waals surface area contributed by atoms with Gasteiger partial charge in [0.1, 0.15) is 12.1 Å². The third-order valence-electron chi connectivity index (χ3n) is 9.26. The molecule has 0 saturated carbocycles. The largest absolute Gasteiger partial charge is 0.351 e. The molecule has 258 valence electrons. The number of nitrogens with one attached hydrogen (secondary N) is 1. The Bertz CT molecular complexity index is 1730. The van der Waals surface area contributed by atoms with E-state index < -0.39 is 12.1 Å². The molecule has 3 heterocycles. The van der Waals surface area contributed by atoms with Crippen molar-refractivity contribution in [2.45, 2.75) is 57.2 Å². The van der Waals surface area contributed by atoms with Crippen LogP contribution in [-0.2, 0) is 14.4 Å². The smallest absolute Gasteiger partial charge is 0.253 e. The highest BCUT2D eigenvalue weighted by Crippen LogP contribution is 2.33. The van der Waals surface area contributed by atoms with Crippen molar-refractivity contribution < 1.29 is 19.2 Å². The monoisotopic (exact) mass is 672 g/mol. The number of benzene rings is 2. The zero-order chi connectivity index (χ0) is 35.5. The SMILES string of the molecule is C=CN=C/C=C(\C)c1ccc(N(C(=O)C2CCCCN2C(=O)C=C)C(C(=O)NC2CCN(C(=O)c3ccccc3)CC2)c2cccnc2)cc1. The Balaban J connectivity index is 1.47. The Hall–Kier alpha value is -5.64. The highest BCUT2D eigenvalue weighted by atomic mass is 16.2. The molecule has 2 aromatic carbocycles. The molecule has 5 rings (SSSR count). The summed E-state index contributed by atoms with van der Waals surface area (Å²) < 4.78 is 0. The van der Waals surface area contributed by atoms with E-state index in [1.54, 1.807) is 47.8 Å². The van der Waals surface area contributed by atoms with Gasteiger partial charge in [-0.05, 0) is 92.6 Å². The van der Waals surface area contributed by atoms with Crippen molar-refractivity contribution >= 4 is 41.1 Å². The van der Waals surface area contributed by atoms with Crippen LogP contribution in [0.4, 0.5) is 5.69 Å². The molecule has 0 aliphatic carbocycles. The molecule has 10 nitrogen and oxygen atoms in total. The fourth-order valence-corrected chi connectivity index (χ4v) is 6.56. The van der Waals surface area contributed by atoms with Gasteiger partial charge in [-0.3, -0.25) is 34.1 Å². The first-order valence-electron chi connectivity index (χ1n) is 17.0. The lowest BCUT2D eigenvalue weighted by atomic mass is 9.96. The first-order valence-corrected chi connectivity index (χ1v) is 17.0. The molecule has 2 aliphatic heterocycles. The highest BCUT2D eigenvalue weighted by Gasteiger charge is 2.41. The number of carbonyl (C=O) groups excluding carboxylic acids is 4. The second-order valence-electron chi connectivity index (χ2n) is 12.5. The number of amides is 4. The molecule has 1 aromatic heterocycles. The molecule has 4 amide bonds. The number of nitrogens with zero attached hydrogens (tertiary/aromatic N) is 5. The summed E-state index contributed by atoms with van der Waals surface area (Å²) in [5.41, 5.74) is 3.54. The van der Waals surface area contributed by atoms with Gasteiger partial charge in [0.05, 0.1) is 0 Å². The van der Waals surface area contributed by atoms with Crippen LogP contribution in [-0.4, -0.2) is 76.3 Å². The van der Waals surface area contributed by atoms with Crippen molar-refractivity contribution in [2.24, 2.45) is 4.99 Å². The molecular weight excluding hydrogens is 628 g/mol. The minimum atomic E-state index is -1.08. The molecule has 0 bridgehead atoms. The Kier molecular flexibility index (Phi) is 12.2. The molecule has 50 heavy (non-hydrogen) atoms. The zero-order valence-corrected chi connectivity index (χ0v) is 28.5. The maximum atomic E-state index is 14.8. The molecule has 2 aliphatic rings. The van der Waals surface area contributed by atoms with E-state index in [0.717, 1.165) is 24.0 Å². The maximum Gasteiger partial charge on any atom is 0.253 e. The van der Waals surface area contributed by atoms with Gasteiger partial charge < -0.3 is 15.1 Å². The number of aromatic nitrogens is 1. The molecule has 10 heteroatoms. The zero-order valence-electron chi connectivity index (χ0n) is 28.5. The summed E-state index contributed by atoms with van der Waals surface area (Å²) in [6.45, 7) is 10.6. The third-order valence-corrected chi connectivity index (χ3v) is 9.26. The standard InChI is InChI=1S/C40H44N6O4/c1-4-36(47)45-25-10-9-15-35(45)40(50)46(34-18-16-30(17-19-34)29(3)20-24-41-5-2)37(32-14-11-23-42-28-32)38(48)43-33-21-26-44(27-22-33)39(49)31-12-7-6-8-13-31/h4-8,11-14,16-20,23-24,28,33,35,37H,1-2,9-10,15,21-22,25-27H2,3H3,(H,43,48)/b29-20+,41-24?. The lowest BCUT2D eigenvalue weighted by Crippen LogP contribution is -2.56. The number of likely N-dealkylation sites (tertiary alicyclic amines) is 2. The summed E-state index contributed by atoms with van der Waals surface area (Å²) in [6.07, 6.45) is 12.6. The van der Waals surface area contributed by atoms with Gasteiger partial charge in [-0.1, -0.05) is 49.6 Å². The van der Waals surface area contributed by atoms with Gasteiger partial charge in [0.25, 0.3) is 11.8 Å². The number of hydrogen-bond donors (Lipinski definition) is 1. The molecule has 2 unspecified atom stereocenters. The highest BCUT2D eigenvalue weighted by molar-refractivity contribution is 6.05. The van der Waals surface area contributed by atoms with Gasteiger partial charge in [0.2, 0.25) is 11.8 Å². The van der Waals surface area contributed by atoms with E-state index in [4.69, 9.17) is 0 Å². The normalized spacial score (nSPS) is 17.5. The number of carbonyl (C=O) groups is 4. The molecule has 2 atom stereocenters. The van der Waals surface area contributed by atoms with Crippen molar-refractivity contribution in [1.29, 1.82) is 0 Å². The summed E-state index contributed by atoms with van der Waals surface area (Å²) >= 11 is 0. The second-order valence-corrected chi connectivity index (χ2v) is 12.5. The summed E-state index contributed by atoms with van der Waals surface area (Å²) in [7, 11) is 0. The first kappa shape index (κ1) is 35.7. The van der Waals surface area contributed by atoms with Crippen molar-refractivity contribution in [3.63, 3.8) is 0 Å². The number of anilines is 1. The summed E-state index contributed by atoms with van der Waals surface area (Å²) in [4.78, 5) is 68.6. The van der Waals surface area contributed by atoms with Gasteiger partial charge >= 0.3 is 0 Å². The predicted octanol–water partition coefficient (Wildman–Crippen LogP) is 5.76. The summed E-state index contributed by atoms with van der Waals surface area (Å²) in [5, 5.41) is 3.20. The van der Waals surface area contributed by atoms with Crippen molar-refractivity contribution in [2.75, 3.05) is 24.5 Å². The molecule has 2 saturated heterocycles. The van der Waals surface area contributed by atoms with Crippen LogP contribution in [0.1, 0.15) is 66.6 Å². The number of hydrogen-bond acceptors (Lipinski definition) is 6. The quantitative estimate of drug-likeness (QED) is 0.206. The third kappa shape index (κ3) is 8.49. The average Bonchev–Trinajstić information content (AvgIpc) is 3.17. The minimum Gasteiger partial charge on any atom is -0.351 e. The van der Waals surface area contributed by atoms with Crippen molar-refractivity contribution in [1.82, 2.24) is 20.1 Å². The van der Waals surface area contributed by atoms with Gasteiger partial charge in [-0.25, -0.2) is 0 Å². The Morgan fingerprint density at radius 3 is 2.32 bits per heavy atom. The topological polar surface area (TPSA) is 115 Å². The fourth-order valence-electron chi connectivity index (χ4n) is 6.56. The van der Waals surface area contributed by atoms with Crippen LogP contribution < -0.4 is 10.2 Å². The van der Waals surface area contributed by atoms with E-state index in [-0.39, 0.29) is 29.7 Å². The van der Waals surface area contributed by atoms with E-state index in [0.29, 0.717) is 55.7 Å². The lowest BCUT2D eigenvalue weighted by Gasteiger charge is -2.40. The fraction of sp³-hybridized carbons (Fsp3) is 0.300. The van der Waals surface area contributed by atoms with Gasteiger partial charge in [-0.15, -0.1) is 0 Å². The Morgan fingerprint density at radius 1 is 0.920 bits per heavy atom. The van der Waals surface area contributed by atoms with Crippen LogP contribution in [0.3, 0.4) is 0 Å². The Labute approximate surface area is 293 Å². The molecule has 0 spiro atoms. The number of rotatable bonds is 11. The van der Waals surface area contributed by atoms with Gasteiger partial charge in [0.15, 0.2) is 0 Å².